The Labute approximate surface area is 90.2 Å². The lowest BCUT2D eigenvalue weighted by atomic mass is 9.96. The van der Waals surface area contributed by atoms with E-state index in [1.54, 1.807) is 0 Å². The first kappa shape index (κ1) is 9.39. The van der Waals surface area contributed by atoms with Crippen molar-refractivity contribution in [3.63, 3.8) is 0 Å². The van der Waals surface area contributed by atoms with Crippen molar-refractivity contribution in [1.82, 2.24) is 10.1 Å². The molecule has 2 rings (SSSR count). The van der Waals surface area contributed by atoms with Crippen LogP contribution in [-0.4, -0.2) is 23.4 Å². The second-order valence-corrected chi connectivity index (χ2v) is 4.15. The molecule has 0 amide bonds. The molecule has 0 bridgehead atoms. The summed E-state index contributed by atoms with van der Waals surface area (Å²) in [5.74, 6) is 1.50. The van der Waals surface area contributed by atoms with Crippen molar-refractivity contribution < 1.29 is 9.26 Å². The molecular formula is C8H11IN2O2. The fourth-order valence-corrected chi connectivity index (χ4v) is 1.90. The number of ether oxygens (including phenoxy) is 1. The maximum atomic E-state index is 5.28. The van der Waals surface area contributed by atoms with E-state index in [2.05, 4.69) is 10.1 Å². The molecule has 5 heteroatoms. The van der Waals surface area contributed by atoms with E-state index in [4.69, 9.17) is 9.26 Å². The highest BCUT2D eigenvalue weighted by Gasteiger charge is 2.16. The first-order valence-corrected chi connectivity index (χ1v) is 5.48. The maximum absolute atomic E-state index is 5.28. The Morgan fingerprint density at radius 1 is 1.38 bits per heavy atom. The number of halogens is 1. The van der Waals surface area contributed by atoms with Crippen LogP contribution >= 0.6 is 22.6 Å². The minimum absolute atomic E-state index is 0.625. The topological polar surface area (TPSA) is 48.2 Å². The summed E-state index contributed by atoms with van der Waals surface area (Å²) in [7, 11) is 0. The molecule has 1 saturated heterocycles. The van der Waals surface area contributed by atoms with E-state index >= 15 is 0 Å². The van der Waals surface area contributed by atoms with Gasteiger partial charge in [0.25, 0.3) is 3.90 Å². The third-order valence-electron chi connectivity index (χ3n) is 2.26. The standard InChI is InChI=1S/C8H11IN2O2/c9-8-10-7(11-13-8)5-6-1-3-12-4-2-6/h6H,1-5H2. The van der Waals surface area contributed by atoms with Gasteiger partial charge >= 0.3 is 0 Å². The highest BCUT2D eigenvalue weighted by Crippen LogP contribution is 2.18. The van der Waals surface area contributed by atoms with Crippen molar-refractivity contribution in [1.29, 1.82) is 0 Å². The van der Waals surface area contributed by atoms with Gasteiger partial charge in [0.1, 0.15) is 0 Å². The Kier molecular flexibility index (Phi) is 3.15. The van der Waals surface area contributed by atoms with Crippen LogP contribution in [0.4, 0.5) is 0 Å². The van der Waals surface area contributed by atoms with Gasteiger partial charge in [-0.1, -0.05) is 5.16 Å². The SMILES string of the molecule is Ic1nc(CC2CCOCC2)no1. The summed E-state index contributed by atoms with van der Waals surface area (Å²) in [5.41, 5.74) is 0. The molecular weight excluding hydrogens is 283 g/mol. The molecule has 1 fully saturated rings. The Morgan fingerprint density at radius 2 is 2.15 bits per heavy atom. The van der Waals surface area contributed by atoms with Crippen LogP contribution in [0.2, 0.25) is 0 Å². The van der Waals surface area contributed by atoms with E-state index in [-0.39, 0.29) is 0 Å². The summed E-state index contributed by atoms with van der Waals surface area (Å²) in [5, 5.41) is 3.88. The summed E-state index contributed by atoms with van der Waals surface area (Å²) in [6, 6.07) is 0. The van der Waals surface area contributed by atoms with Gasteiger partial charge in [0.2, 0.25) is 0 Å². The highest BCUT2D eigenvalue weighted by atomic mass is 127. The van der Waals surface area contributed by atoms with Crippen LogP contribution in [0.1, 0.15) is 18.7 Å². The summed E-state index contributed by atoms with van der Waals surface area (Å²) >= 11 is 2.03. The van der Waals surface area contributed by atoms with E-state index in [0.29, 0.717) is 9.82 Å². The Bertz CT molecular complexity index is 271. The van der Waals surface area contributed by atoms with Gasteiger partial charge in [-0.2, -0.15) is 4.98 Å². The van der Waals surface area contributed by atoms with Crippen molar-refractivity contribution in [2.24, 2.45) is 5.92 Å². The first-order chi connectivity index (χ1) is 6.34. The molecule has 0 spiro atoms. The smallest absolute Gasteiger partial charge is 0.287 e. The molecule has 1 aromatic heterocycles. The van der Waals surface area contributed by atoms with Gasteiger partial charge < -0.3 is 9.26 Å². The normalized spacial score (nSPS) is 19.2. The number of hydrogen-bond acceptors (Lipinski definition) is 4. The average molecular weight is 294 g/mol. The number of aromatic nitrogens is 2. The fourth-order valence-electron chi connectivity index (χ4n) is 1.52. The van der Waals surface area contributed by atoms with E-state index in [0.717, 1.165) is 38.3 Å². The largest absolute Gasteiger partial charge is 0.381 e. The first-order valence-electron chi connectivity index (χ1n) is 4.40. The summed E-state index contributed by atoms with van der Waals surface area (Å²) in [4.78, 5) is 4.17. The van der Waals surface area contributed by atoms with Crippen molar-refractivity contribution in [3.05, 3.63) is 9.72 Å². The van der Waals surface area contributed by atoms with Gasteiger partial charge in [-0.3, -0.25) is 0 Å². The van der Waals surface area contributed by atoms with Gasteiger partial charge in [-0.05, 0) is 18.8 Å². The molecule has 72 valence electrons. The van der Waals surface area contributed by atoms with Crippen LogP contribution in [0, 0.1) is 9.82 Å². The van der Waals surface area contributed by atoms with E-state index in [9.17, 15) is 0 Å². The molecule has 4 nitrogen and oxygen atoms in total. The third kappa shape index (κ3) is 2.63. The van der Waals surface area contributed by atoms with Crippen molar-refractivity contribution >= 4 is 22.6 Å². The number of hydrogen-bond donors (Lipinski definition) is 0. The molecule has 1 aromatic rings. The lowest BCUT2D eigenvalue weighted by molar-refractivity contribution is 0.0658. The summed E-state index contributed by atoms with van der Waals surface area (Å²) in [6.07, 6.45) is 3.16. The zero-order valence-electron chi connectivity index (χ0n) is 7.20. The minimum atomic E-state index is 0.625. The Hall–Kier alpha value is -0.170. The summed E-state index contributed by atoms with van der Waals surface area (Å²) < 4.78 is 10.8. The minimum Gasteiger partial charge on any atom is -0.381 e. The quantitative estimate of drug-likeness (QED) is 0.778. The molecule has 0 N–H and O–H groups in total. The molecule has 0 saturated carbocycles. The predicted molar refractivity (Wildman–Crippen MR) is 54.3 cm³/mol. The molecule has 0 radical (unpaired) electrons. The number of rotatable bonds is 2. The zero-order chi connectivity index (χ0) is 9.10. The maximum Gasteiger partial charge on any atom is 0.287 e. The van der Waals surface area contributed by atoms with Crippen molar-refractivity contribution in [3.8, 4) is 0 Å². The lowest BCUT2D eigenvalue weighted by Crippen LogP contribution is -2.18. The van der Waals surface area contributed by atoms with Gasteiger partial charge in [0.05, 0.1) is 0 Å². The highest BCUT2D eigenvalue weighted by molar-refractivity contribution is 14.1. The molecule has 0 aliphatic carbocycles. The third-order valence-corrected chi connectivity index (χ3v) is 2.69. The van der Waals surface area contributed by atoms with Crippen LogP contribution in [0.3, 0.4) is 0 Å². The molecule has 1 aliphatic rings. The summed E-state index contributed by atoms with van der Waals surface area (Å²) in [6.45, 7) is 1.75. The molecule has 13 heavy (non-hydrogen) atoms. The van der Waals surface area contributed by atoms with E-state index in [1.165, 1.54) is 0 Å². The lowest BCUT2D eigenvalue weighted by Gasteiger charge is -2.20. The molecule has 0 aromatic carbocycles. The molecule has 2 heterocycles. The molecule has 0 unspecified atom stereocenters. The molecule has 0 atom stereocenters. The monoisotopic (exact) mass is 294 g/mol. The Morgan fingerprint density at radius 3 is 2.77 bits per heavy atom. The van der Waals surface area contributed by atoms with Crippen molar-refractivity contribution in [2.75, 3.05) is 13.2 Å². The van der Waals surface area contributed by atoms with E-state index < -0.39 is 0 Å². The van der Waals surface area contributed by atoms with Gasteiger partial charge in [0, 0.05) is 42.2 Å². The van der Waals surface area contributed by atoms with Crippen molar-refractivity contribution in [2.45, 2.75) is 19.3 Å². The second kappa shape index (κ2) is 4.36. The average Bonchev–Trinajstić information content (AvgIpc) is 2.53. The van der Waals surface area contributed by atoms with Gasteiger partial charge in [0.15, 0.2) is 5.82 Å². The Balaban J connectivity index is 1.89. The fraction of sp³-hybridized carbons (Fsp3) is 0.750. The van der Waals surface area contributed by atoms with Gasteiger partial charge in [-0.15, -0.1) is 0 Å². The van der Waals surface area contributed by atoms with Gasteiger partial charge in [-0.25, -0.2) is 0 Å². The van der Waals surface area contributed by atoms with E-state index in [1.807, 2.05) is 22.6 Å². The number of nitrogens with zero attached hydrogens (tertiary/aromatic N) is 2. The molecule has 1 aliphatic heterocycles. The van der Waals surface area contributed by atoms with Crippen LogP contribution in [-0.2, 0) is 11.2 Å². The van der Waals surface area contributed by atoms with Crippen LogP contribution in [0.15, 0.2) is 4.52 Å². The van der Waals surface area contributed by atoms with Crippen LogP contribution < -0.4 is 0 Å². The second-order valence-electron chi connectivity index (χ2n) is 3.22. The zero-order valence-corrected chi connectivity index (χ0v) is 9.36. The van der Waals surface area contributed by atoms with Crippen LogP contribution in [0.25, 0.3) is 0 Å². The predicted octanol–water partition coefficient (Wildman–Crippen LogP) is 1.64. The van der Waals surface area contributed by atoms with Crippen LogP contribution in [0.5, 0.6) is 0 Å².